The fourth-order valence-electron chi connectivity index (χ4n) is 3.16. The van der Waals surface area contributed by atoms with E-state index >= 15 is 0 Å². The zero-order valence-electron chi connectivity index (χ0n) is 15.8. The number of benzene rings is 2. The van der Waals surface area contributed by atoms with E-state index in [1.165, 1.54) is 40.7 Å². The van der Waals surface area contributed by atoms with Crippen LogP contribution in [-0.4, -0.2) is 50.3 Å². The molecule has 2 aromatic rings. The minimum atomic E-state index is -3.72. The zero-order chi connectivity index (χ0) is 20.3. The summed E-state index contributed by atoms with van der Waals surface area (Å²) in [5.41, 5.74) is 0.903. The molecule has 1 N–H and O–H groups in total. The third-order valence-electron chi connectivity index (χ3n) is 4.48. The van der Waals surface area contributed by atoms with Crippen molar-refractivity contribution in [2.45, 2.75) is 31.0 Å². The summed E-state index contributed by atoms with van der Waals surface area (Å²) in [6, 6.07) is 11.7. The van der Waals surface area contributed by atoms with Crippen LogP contribution in [0.25, 0.3) is 0 Å². The predicted octanol–water partition coefficient (Wildman–Crippen LogP) is 2.92. The molecular weight excluding hydrogens is 383 g/mol. The number of carbonyl (C=O) groups excluding carboxylic acids is 1. The van der Waals surface area contributed by atoms with Crippen molar-refractivity contribution in [1.82, 2.24) is 4.31 Å². The first-order valence-electron chi connectivity index (χ1n) is 9.04. The molecule has 6 nitrogen and oxygen atoms in total. The van der Waals surface area contributed by atoms with E-state index in [0.29, 0.717) is 11.3 Å². The van der Waals surface area contributed by atoms with Crippen LogP contribution in [0, 0.1) is 5.82 Å². The van der Waals surface area contributed by atoms with Crippen LogP contribution in [0.2, 0.25) is 0 Å². The second kappa shape index (κ2) is 8.38. The van der Waals surface area contributed by atoms with Gasteiger partial charge in [-0.25, -0.2) is 12.8 Å². The monoisotopic (exact) mass is 406 g/mol. The Balaban J connectivity index is 1.73. The van der Waals surface area contributed by atoms with Gasteiger partial charge in [0.05, 0.1) is 23.6 Å². The van der Waals surface area contributed by atoms with Gasteiger partial charge in [0, 0.05) is 24.3 Å². The van der Waals surface area contributed by atoms with Gasteiger partial charge in [-0.1, -0.05) is 12.1 Å². The van der Waals surface area contributed by atoms with Crippen LogP contribution in [0.15, 0.2) is 53.4 Å². The average molecular weight is 406 g/mol. The van der Waals surface area contributed by atoms with Gasteiger partial charge in [-0.3, -0.25) is 4.79 Å². The van der Waals surface area contributed by atoms with Gasteiger partial charge in [0.1, 0.15) is 5.82 Å². The average Bonchev–Trinajstić information content (AvgIpc) is 2.66. The Kier molecular flexibility index (Phi) is 6.12. The Morgan fingerprint density at radius 1 is 1.14 bits per heavy atom. The van der Waals surface area contributed by atoms with Crippen LogP contribution in [0.1, 0.15) is 24.2 Å². The quantitative estimate of drug-likeness (QED) is 0.747. The molecule has 2 aromatic carbocycles. The molecule has 1 heterocycles. The van der Waals surface area contributed by atoms with Crippen LogP contribution < -0.4 is 5.32 Å². The summed E-state index contributed by atoms with van der Waals surface area (Å²) in [5.74, 6) is -0.619. The van der Waals surface area contributed by atoms with E-state index in [9.17, 15) is 17.6 Å². The number of ether oxygens (including phenoxy) is 1. The summed E-state index contributed by atoms with van der Waals surface area (Å²) in [7, 11) is -3.72. The van der Waals surface area contributed by atoms with Crippen molar-refractivity contribution in [3.63, 3.8) is 0 Å². The first kappa shape index (κ1) is 20.4. The van der Waals surface area contributed by atoms with Gasteiger partial charge in [-0.15, -0.1) is 0 Å². The highest BCUT2D eigenvalue weighted by atomic mass is 32.2. The highest BCUT2D eigenvalue weighted by Crippen LogP contribution is 2.22. The summed E-state index contributed by atoms with van der Waals surface area (Å²) >= 11 is 0. The SMILES string of the molecule is CC1CN(S(=O)(=O)c2cccc(C(=O)CNc3ccc(F)cc3)c2)CC(C)O1. The molecule has 0 aliphatic carbocycles. The van der Waals surface area contributed by atoms with Crippen molar-refractivity contribution in [2.75, 3.05) is 25.0 Å². The van der Waals surface area contributed by atoms with Gasteiger partial charge in [0.2, 0.25) is 10.0 Å². The Morgan fingerprint density at radius 3 is 2.43 bits per heavy atom. The number of ketones is 1. The Labute approximate surface area is 164 Å². The molecule has 2 atom stereocenters. The van der Waals surface area contributed by atoms with Gasteiger partial charge >= 0.3 is 0 Å². The molecule has 0 radical (unpaired) electrons. The van der Waals surface area contributed by atoms with Crippen LogP contribution in [0.4, 0.5) is 10.1 Å². The van der Waals surface area contributed by atoms with Crippen LogP contribution in [0.3, 0.4) is 0 Å². The molecule has 0 aromatic heterocycles. The number of hydrogen-bond donors (Lipinski definition) is 1. The first-order valence-corrected chi connectivity index (χ1v) is 10.5. The van der Waals surface area contributed by atoms with Crippen molar-refractivity contribution in [2.24, 2.45) is 0 Å². The second-order valence-corrected chi connectivity index (χ2v) is 8.83. The van der Waals surface area contributed by atoms with Gasteiger partial charge in [0.15, 0.2) is 5.78 Å². The Hall–Kier alpha value is -2.29. The molecule has 1 aliphatic heterocycles. The number of Topliss-reactive ketones (excluding diaryl/α,β-unsaturated/α-hetero) is 1. The number of morpholine rings is 1. The third kappa shape index (κ3) is 4.76. The molecule has 150 valence electrons. The number of hydrogen-bond acceptors (Lipinski definition) is 5. The van der Waals surface area contributed by atoms with E-state index in [1.54, 1.807) is 12.1 Å². The number of halogens is 1. The first-order chi connectivity index (χ1) is 13.3. The second-order valence-electron chi connectivity index (χ2n) is 6.89. The summed E-state index contributed by atoms with van der Waals surface area (Å²) in [6.45, 7) is 4.19. The molecule has 1 aliphatic rings. The maximum atomic E-state index is 13.0. The molecule has 2 unspecified atom stereocenters. The summed E-state index contributed by atoms with van der Waals surface area (Å²) in [5, 5.41) is 2.91. The Bertz CT molecular complexity index is 937. The third-order valence-corrected chi connectivity index (χ3v) is 6.30. The lowest BCUT2D eigenvalue weighted by atomic mass is 10.1. The van der Waals surface area contributed by atoms with Crippen LogP contribution >= 0.6 is 0 Å². The topological polar surface area (TPSA) is 75.7 Å². The standard InChI is InChI=1S/C20H23FN2O4S/c1-14-12-23(13-15(2)27-14)28(25,26)19-5-3-4-16(10-19)20(24)11-22-18-8-6-17(21)7-9-18/h3-10,14-15,22H,11-13H2,1-2H3. The van der Waals surface area contributed by atoms with Gasteiger partial charge in [-0.05, 0) is 50.2 Å². The number of nitrogens with zero attached hydrogens (tertiary/aromatic N) is 1. The summed E-state index contributed by atoms with van der Waals surface area (Å²) < 4.78 is 45.9. The van der Waals surface area contributed by atoms with Crippen LogP contribution in [-0.2, 0) is 14.8 Å². The van der Waals surface area contributed by atoms with Crippen molar-refractivity contribution in [1.29, 1.82) is 0 Å². The maximum absolute atomic E-state index is 13.0. The zero-order valence-corrected chi connectivity index (χ0v) is 16.6. The van der Waals surface area contributed by atoms with Crippen molar-refractivity contribution in [3.05, 3.63) is 59.9 Å². The lowest BCUT2D eigenvalue weighted by Gasteiger charge is -2.34. The summed E-state index contributed by atoms with van der Waals surface area (Å²) in [6.07, 6.45) is -0.383. The largest absolute Gasteiger partial charge is 0.378 e. The van der Waals surface area contributed by atoms with E-state index < -0.39 is 10.0 Å². The fourth-order valence-corrected chi connectivity index (χ4v) is 4.80. The molecule has 8 heteroatoms. The molecule has 0 bridgehead atoms. The predicted molar refractivity (Wildman–Crippen MR) is 104 cm³/mol. The number of anilines is 1. The molecule has 0 amide bonds. The highest BCUT2D eigenvalue weighted by Gasteiger charge is 2.32. The van der Waals surface area contributed by atoms with Crippen molar-refractivity contribution < 1.29 is 22.3 Å². The van der Waals surface area contributed by atoms with Crippen molar-refractivity contribution in [3.8, 4) is 0 Å². The minimum absolute atomic E-state index is 0.0270. The molecule has 0 saturated carbocycles. The normalized spacial score (nSPS) is 20.7. The number of carbonyl (C=O) groups is 1. The fraction of sp³-hybridized carbons (Fsp3) is 0.350. The minimum Gasteiger partial charge on any atom is -0.378 e. The Morgan fingerprint density at radius 2 is 1.79 bits per heavy atom. The lowest BCUT2D eigenvalue weighted by molar-refractivity contribution is -0.0440. The van der Waals surface area contributed by atoms with E-state index in [2.05, 4.69) is 5.32 Å². The van der Waals surface area contributed by atoms with Gasteiger partial charge < -0.3 is 10.1 Å². The number of rotatable bonds is 6. The number of nitrogens with one attached hydrogen (secondary N) is 1. The molecule has 1 fully saturated rings. The summed E-state index contributed by atoms with van der Waals surface area (Å²) in [4.78, 5) is 12.6. The van der Waals surface area contributed by atoms with Crippen molar-refractivity contribution >= 4 is 21.5 Å². The smallest absolute Gasteiger partial charge is 0.243 e. The van der Waals surface area contributed by atoms with Gasteiger partial charge in [-0.2, -0.15) is 4.31 Å². The molecule has 3 rings (SSSR count). The highest BCUT2D eigenvalue weighted by molar-refractivity contribution is 7.89. The van der Waals surface area contributed by atoms with E-state index in [0.717, 1.165) is 0 Å². The van der Waals surface area contributed by atoms with Crippen LogP contribution in [0.5, 0.6) is 0 Å². The van der Waals surface area contributed by atoms with E-state index in [-0.39, 0.29) is 48.3 Å². The van der Waals surface area contributed by atoms with E-state index in [4.69, 9.17) is 4.74 Å². The maximum Gasteiger partial charge on any atom is 0.243 e. The van der Waals surface area contributed by atoms with Gasteiger partial charge in [0.25, 0.3) is 0 Å². The molecule has 0 spiro atoms. The molecule has 28 heavy (non-hydrogen) atoms. The molecule has 1 saturated heterocycles. The number of sulfonamides is 1. The van der Waals surface area contributed by atoms with E-state index in [1.807, 2.05) is 13.8 Å². The molecular formula is C20H23FN2O4S. The lowest BCUT2D eigenvalue weighted by Crippen LogP contribution is -2.48.